The highest BCUT2D eigenvalue weighted by Crippen LogP contribution is 2.30. The Morgan fingerprint density at radius 3 is 1.95 bits per heavy atom. The molecule has 0 aliphatic carbocycles. The fourth-order valence-corrected chi connectivity index (χ4v) is 2.57. The Balaban J connectivity index is 0.00000242. The Morgan fingerprint density at radius 2 is 1.41 bits per heavy atom. The minimum atomic E-state index is -0.763. The van der Waals surface area contributed by atoms with Gasteiger partial charge in [0.15, 0.2) is 0 Å². The maximum absolute atomic E-state index is 11.2. The summed E-state index contributed by atoms with van der Waals surface area (Å²) < 4.78 is 0. The van der Waals surface area contributed by atoms with Gasteiger partial charge < -0.3 is 22.4 Å². The lowest BCUT2D eigenvalue weighted by atomic mass is 9.85. The Bertz CT molecular complexity index is 530. The summed E-state index contributed by atoms with van der Waals surface area (Å²) in [6.07, 6.45) is 2.38. The van der Waals surface area contributed by atoms with Crippen LogP contribution in [0, 0.1) is 0 Å². The molecule has 0 bridgehead atoms. The minimum Gasteiger partial charge on any atom is -1.00 e. The molecular weight excluding hydrogens is 294 g/mol. The second-order valence-electron chi connectivity index (χ2n) is 5.94. The number of rotatable bonds is 7. The van der Waals surface area contributed by atoms with Gasteiger partial charge in [0.25, 0.3) is 0 Å². The van der Waals surface area contributed by atoms with Crippen molar-refractivity contribution in [1.29, 1.82) is 0 Å². The number of aryl methyl sites for hydroxylation is 1. The zero-order valence-electron chi connectivity index (χ0n) is 13.4. The standard InChI is InChI=1S/C19H25NO.ClH/c1-20(2)16-15-19(21,18-11-7-4-8-12-18)14-13-17-9-5-3-6-10-17;/h3-12,21H,13-16H2,1-2H3;1H/p-1. The van der Waals surface area contributed by atoms with Gasteiger partial charge in [0.2, 0.25) is 0 Å². The molecule has 0 fully saturated rings. The summed E-state index contributed by atoms with van der Waals surface area (Å²) in [5.74, 6) is 0. The maximum atomic E-state index is 11.2. The quantitative estimate of drug-likeness (QED) is 0.802. The number of hydrogen-bond donors (Lipinski definition) is 1. The molecule has 2 aromatic carbocycles. The average molecular weight is 319 g/mol. The number of aliphatic hydroxyl groups is 1. The zero-order valence-corrected chi connectivity index (χ0v) is 14.1. The van der Waals surface area contributed by atoms with Crippen molar-refractivity contribution in [2.75, 3.05) is 20.6 Å². The lowest BCUT2D eigenvalue weighted by Crippen LogP contribution is -3.00. The van der Waals surface area contributed by atoms with E-state index in [4.69, 9.17) is 0 Å². The predicted octanol–water partition coefficient (Wildman–Crippen LogP) is 0.463. The topological polar surface area (TPSA) is 23.5 Å². The van der Waals surface area contributed by atoms with Gasteiger partial charge in [-0.2, -0.15) is 0 Å². The first-order valence-corrected chi connectivity index (χ1v) is 7.57. The Hall–Kier alpha value is -1.35. The second-order valence-corrected chi connectivity index (χ2v) is 5.94. The van der Waals surface area contributed by atoms with Crippen LogP contribution in [-0.4, -0.2) is 30.6 Å². The van der Waals surface area contributed by atoms with E-state index in [1.54, 1.807) is 0 Å². The highest BCUT2D eigenvalue weighted by molar-refractivity contribution is 5.23. The molecule has 1 atom stereocenters. The van der Waals surface area contributed by atoms with Gasteiger partial charge in [-0.15, -0.1) is 0 Å². The summed E-state index contributed by atoms with van der Waals surface area (Å²) in [6.45, 7) is 0.875. The van der Waals surface area contributed by atoms with E-state index in [-0.39, 0.29) is 12.4 Å². The third-order valence-electron chi connectivity index (χ3n) is 3.95. The molecule has 2 nitrogen and oxygen atoms in total. The van der Waals surface area contributed by atoms with Gasteiger partial charge in [-0.1, -0.05) is 60.7 Å². The fourth-order valence-electron chi connectivity index (χ4n) is 2.57. The van der Waals surface area contributed by atoms with Crippen molar-refractivity contribution in [3.63, 3.8) is 0 Å². The SMILES string of the molecule is CN(C)CCC(O)(CCc1ccccc1)c1ccccc1.[Cl-]. The molecule has 0 heterocycles. The smallest absolute Gasteiger partial charge is 0.0911 e. The number of benzene rings is 2. The van der Waals surface area contributed by atoms with Crippen LogP contribution in [0.2, 0.25) is 0 Å². The third kappa shape index (κ3) is 5.45. The number of halogens is 1. The highest BCUT2D eigenvalue weighted by atomic mass is 35.5. The molecule has 0 saturated carbocycles. The average Bonchev–Trinajstić information content (AvgIpc) is 2.53. The lowest BCUT2D eigenvalue weighted by Gasteiger charge is -2.30. The van der Waals surface area contributed by atoms with Gasteiger partial charge in [-0.05, 0) is 44.5 Å². The van der Waals surface area contributed by atoms with Crippen LogP contribution in [-0.2, 0) is 12.0 Å². The Labute approximate surface area is 140 Å². The zero-order chi connectivity index (χ0) is 15.1. The van der Waals surface area contributed by atoms with Crippen molar-refractivity contribution in [2.24, 2.45) is 0 Å². The molecule has 0 saturated heterocycles. The van der Waals surface area contributed by atoms with Gasteiger partial charge in [-0.3, -0.25) is 0 Å². The van der Waals surface area contributed by atoms with E-state index in [2.05, 4.69) is 29.2 Å². The lowest BCUT2D eigenvalue weighted by molar-refractivity contribution is -0.0000294. The molecule has 0 radical (unpaired) electrons. The third-order valence-corrected chi connectivity index (χ3v) is 3.95. The Kier molecular flexibility index (Phi) is 7.60. The van der Waals surface area contributed by atoms with E-state index in [1.807, 2.05) is 50.5 Å². The van der Waals surface area contributed by atoms with E-state index >= 15 is 0 Å². The van der Waals surface area contributed by atoms with Crippen LogP contribution in [0.5, 0.6) is 0 Å². The maximum Gasteiger partial charge on any atom is 0.0911 e. The van der Waals surface area contributed by atoms with Crippen molar-refractivity contribution in [3.8, 4) is 0 Å². The van der Waals surface area contributed by atoms with Gasteiger partial charge in [0, 0.05) is 6.54 Å². The molecule has 1 unspecified atom stereocenters. The minimum absolute atomic E-state index is 0. The molecule has 120 valence electrons. The molecule has 2 rings (SSSR count). The molecule has 3 heteroatoms. The van der Waals surface area contributed by atoms with E-state index < -0.39 is 5.60 Å². The van der Waals surface area contributed by atoms with Gasteiger partial charge in [0.05, 0.1) is 5.60 Å². The van der Waals surface area contributed by atoms with Crippen molar-refractivity contribution in [2.45, 2.75) is 24.9 Å². The first-order chi connectivity index (χ1) is 10.1. The van der Waals surface area contributed by atoms with Crippen LogP contribution >= 0.6 is 0 Å². The van der Waals surface area contributed by atoms with E-state index in [0.717, 1.165) is 31.4 Å². The molecule has 2 aromatic rings. The monoisotopic (exact) mass is 318 g/mol. The van der Waals surface area contributed by atoms with Crippen LogP contribution < -0.4 is 12.4 Å². The van der Waals surface area contributed by atoms with Crippen molar-refractivity contribution in [3.05, 3.63) is 71.8 Å². The molecule has 0 amide bonds. The summed E-state index contributed by atoms with van der Waals surface area (Å²) >= 11 is 0. The molecule has 0 aliphatic rings. The van der Waals surface area contributed by atoms with Crippen molar-refractivity contribution >= 4 is 0 Å². The summed E-state index contributed by atoms with van der Waals surface area (Å²) in [7, 11) is 4.09. The normalized spacial score (nSPS) is 13.5. The Morgan fingerprint density at radius 1 is 0.864 bits per heavy atom. The molecule has 0 spiro atoms. The first-order valence-electron chi connectivity index (χ1n) is 7.57. The van der Waals surface area contributed by atoms with Crippen LogP contribution in [0.1, 0.15) is 24.0 Å². The van der Waals surface area contributed by atoms with Crippen LogP contribution in [0.4, 0.5) is 0 Å². The van der Waals surface area contributed by atoms with Gasteiger partial charge in [0.1, 0.15) is 0 Å². The summed E-state index contributed by atoms with van der Waals surface area (Å²) in [4.78, 5) is 2.12. The molecule has 0 aromatic heterocycles. The van der Waals surface area contributed by atoms with Gasteiger partial charge >= 0.3 is 0 Å². The van der Waals surface area contributed by atoms with E-state index in [9.17, 15) is 5.11 Å². The van der Waals surface area contributed by atoms with Crippen molar-refractivity contribution in [1.82, 2.24) is 4.90 Å². The molecule has 22 heavy (non-hydrogen) atoms. The molecule has 1 N–H and O–H groups in total. The summed E-state index contributed by atoms with van der Waals surface area (Å²) in [5, 5.41) is 11.2. The predicted molar refractivity (Wildman–Crippen MR) is 88.3 cm³/mol. The largest absolute Gasteiger partial charge is 1.00 e. The van der Waals surface area contributed by atoms with Crippen molar-refractivity contribution < 1.29 is 17.5 Å². The summed E-state index contributed by atoms with van der Waals surface area (Å²) in [5.41, 5.74) is 1.53. The summed E-state index contributed by atoms with van der Waals surface area (Å²) in [6, 6.07) is 20.4. The molecule has 0 aliphatic heterocycles. The highest BCUT2D eigenvalue weighted by Gasteiger charge is 2.28. The van der Waals surface area contributed by atoms with E-state index in [0.29, 0.717) is 0 Å². The van der Waals surface area contributed by atoms with Crippen LogP contribution in [0.25, 0.3) is 0 Å². The second kappa shape index (κ2) is 8.94. The fraction of sp³-hybridized carbons (Fsp3) is 0.368. The van der Waals surface area contributed by atoms with Gasteiger partial charge in [-0.25, -0.2) is 0 Å². The van der Waals surface area contributed by atoms with E-state index in [1.165, 1.54) is 5.56 Å². The van der Waals surface area contributed by atoms with Crippen LogP contribution in [0.15, 0.2) is 60.7 Å². The molecular formula is C19H25ClNO-. The first kappa shape index (κ1) is 18.7. The number of hydrogen-bond acceptors (Lipinski definition) is 2. The number of nitrogens with zero attached hydrogens (tertiary/aromatic N) is 1. The van der Waals surface area contributed by atoms with Crippen LogP contribution in [0.3, 0.4) is 0 Å².